The van der Waals surface area contributed by atoms with Gasteiger partial charge in [0, 0.05) is 6.42 Å². The van der Waals surface area contributed by atoms with Gasteiger partial charge in [0.2, 0.25) is 5.91 Å². The number of hydrogen-bond acceptors (Lipinski definition) is 6. The van der Waals surface area contributed by atoms with Gasteiger partial charge in [0.1, 0.15) is 13.2 Å². The fraction of sp³-hybridized carbons (Fsp3) is 0.931. The molecule has 3 atom stereocenters. The van der Waals surface area contributed by atoms with Crippen LogP contribution in [0.1, 0.15) is 380 Å². The first kappa shape index (κ1) is 80.0. The van der Waals surface area contributed by atoms with Gasteiger partial charge in [-0.25, -0.2) is 0 Å². The van der Waals surface area contributed by atoms with Crippen LogP contribution < -0.4 is 10.2 Å². The zero-order valence-corrected chi connectivity index (χ0v) is 56.2. The Hall–Kier alpha value is -1.02. The number of aliphatic hydroxyl groups excluding tert-OH is 1. The van der Waals surface area contributed by atoms with Gasteiger partial charge in [-0.1, -0.05) is 366 Å². The van der Waals surface area contributed by atoms with Gasteiger partial charge in [-0.2, -0.15) is 0 Å². The monoisotopic (exact) mass is 1160 g/mol. The second kappa shape index (κ2) is 63.5. The Balaban J connectivity index is 3.92. The number of nitrogens with one attached hydrogen (secondary N) is 1. The molecule has 8 nitrogen and oxygen atoms in total. The lowest BCUT2D eigenvalue weighted by Crippen LogP contribution is -2.45. The van der Waals surface area contributed by atoms with Crippen molar-refractivity contribution in [3.05, 3.63) is 24.3 Å². The minimum atomic E-state index is -4.61. The predicted molar refractivity (Wildman–Crippen MR) is 353 cm³/mol. The van der Waals surface area contributed by atoms with Crippen molar-refractivity contribution in [2.24, 2.45) is 0 Å². The van der Waals surface area contributed by atoms with E-state index in [9.17, 15) is 19.4 Å². The quantitative estimate of drug-likeness (QED) is 0.0272. The molecule has 0 radical (unpaired) electrons. The number of allylic oxidation sites excluding steroid dienone is 3. The number of phosphoric acid groups is 1. The van der Waals surface area contributed by atoms with E-state index in [-0.39, 0.29) is 19.1 Å². The number of rotatable bonds is 68. The molecule has 0 aromatic carbocycles. The summed E-state index contributed by atoms with van der Waals surface area (Å²) in [5.41, 5.74) is 0. The van der Waals surface area contributed by atoms with Gasteiger partial charge in [0.05, 0.1) is 39.9 Å². The van der Waals surface area contributed by atoms with Gasteiger partial charge >= 0.3 is 0 Å². The van der Waals surface area contributed by atoms with E-state index in [0.717, 1.165) is 38.5 Å². The Labute approximate surface area is 506 Å². The molecular weight excluding hydrogens is 1020 g/mol. The molecule has 0 aliphatic carbocycles. The summed E-state index contributed by atoms with van der Waals surface area (Å²) in [6.45, 7) is 4.69. The van der Waals surface area contributed by atoms with Gasteiger partial charge in [0.15, 0.2) is 0 Å². The van der Waals surface area contributed by atoms with Gasteiger partial charge in [-0.15, -0.1) is 0 Å². The maximum absolute atomic E-state index is 13.0. The lowest BCUT2D eigenvalue weighted by molar-refractivity contribution is -0.870. The Morgan fingerprint density at radius 3 is 1.00 bits per heavy atom. The molecule has 482 valence electrons. The first-order valence-corrected chi connectivity index (χ1v) is 37.7. The highest BCUT2D eigenvalue weighted by atomic mass is 31.2. The lowest BCUT2D eigenvalue weighted by atomic mass is 10.0. The van der Waals surface area contributed by atoms with Crippen molar-refractivity contribution in [2.75, 3.05) is 40.9 Å². The maximum atomic E-state index is 13.0. The number of aliphatic hydroxyl groups is 1. The molecule has 1 amide bonds. The van der Waals surface area contributed by atoms with Gasteiger partial charge in [-0.05, 0) is 32.1 Å². The molecule has 0 heterocycles. The lowest BCUT2D eigenvalue weighted by Gasteiger charge is -2.29. The fourth-order valence-electron chi connectivity index (χ4n) is 11.3. The number of carbonyl (C=O) groups excluding carboxylic acids is 1. The summed E-state index contributed by atoms with van der Waals surface area (Å²) in [4.78, 5) is 25.6. The van der Waals surface area contributed by atoms with E-state index in [4.69, 9.17) is 9.05 Å². The summed E-state index contributed by atoms with van der Waals surface area (Å²) >= 11 is 0. The third-order valence-corrected chi connectivity index (χ3v) is 17.9. The maximum Gasteiger partial charge on any atom is 0.268 e. The highest BCUT2D eigenvalue weighted by molar-refractivity contribution is 7.45. The fourth-order valence-corrected chi connectivity index (χ4v) is 12.0. The predicted octanol–water partition coefficient (Wildman–Crippen LogP) is 22.4. The van der Waals surface area contributed by atoms with E-state index >= 15 is 0 Å². The van der Waals surface area contributed by atoms with E-state index in [0.29, 0.717) is 17.4 Å². The second-order valence-corrected chi connectivity index (χ2v) is 27.7. The number of amides is 1. The van der Waals surface area contributed by atoms with Crippen LogP contribution in [0.15, 0.2) is 24.3 Å². The van der Waals surface area contributed by atoms with Crippen molar-refractivity contribution in [3.8, 4) is 0 Å². The molecule has 81 heavy (non-hydrogen) atoms. The normalized spacial score (nSPS) is 13.7. The number of hydrogen-bond donors (Lipinski definition) is 2. The number of nitrogens with zero attached hydrogens (tertiary/aromatic N) is 1. The largest absolute Gasteiger partial charge is 0.756 e. The van der Waals surface area contributed by atoms with Crippen molar-refractivity contribution in [3.63, 3.8) is 0 Å². The van der Waals surface area contributed by atoms with Crippen molar-refractivity contribution >= 4 is 13.7 Å². The van der Waals surface area contributed by atoms with Crippen LogP contribution in [0.4, 0.5) is 0 Å². The SMILES string of the molecule is CCCCCCCCCCCCCCCC/C=C/CC/C=C/C(O)C(COP(=O)([O-])OCC[N+](C)(C)C)NC(=O)CCCCCCCCCCCCCCCCCCCCCCCCCCCCCCCCCCCCCCCCC. The van der Waals surface area contributed by atoms with Crippen LogP contribution in [0.2, 0.25) is 0 Å². The van der Waals surface area contributed by atoms with Crippen LogP contribution in [0.5, 0.6) is 0 Å². The molecule has 0 spiro atoms. The zero-order valence-electron chi connectivity index (χ0n) is 55.3. The third-order valence-electron chi connectivity index (χ3n) is 16.9. The molecule has 0 rings (SSSR count). The van der Waals surface area contributed by atoms with Crippen molar-refractivity contribution in [1.29, 1.82) is 0 Å². The van der Waals surface area contributed by atoms with Crippen LogP contribution in [0.25, 0.3) is 0 Å². The standard InChI is InChI=1S/C72H143N2O6P/c1-6-8-10-12-14-16-18-20-22-24-26-28-29-30-31-32-33-34-35-36-37-38-39-40-41-42-43-44-45-46-48-50-52-54-56-58-60-62-64-66-72(76)73-70(69-80-81(77,78)79-68-67-74(3,4)5)71(75)65-63-61-59-57-55-53-51-49-47-27-25-23-21-19-17-15-13-11-9-7-2/h55,57,63,65,70-71,75H,6-54,56,58-62,64,66-69H2,1-5H3,(H-,73,76,77,78)/b57-55+,65-63+. The molecular formula is C72H143N2O6P. The summed E-state index contributed by atoms with van der Waals surface area (Å²) in [5, 5.41) is 13.9. The molecule has 9 heteroatoms. The Morgan fingerprint density at radius 2 is 0.691 bits per heavy atom. The van der Waals surface area contributed by atoms with Gasteiger partial charge in [0.25, 0.3) is 7.82 Å². The first-order valence-electron chi connectivity index (χ1n) is 36.2. The highest BCUT2D eigenvalue weighted by Gasteiger charge is 2.23. The average molecular weight is 1160 g/mol. The highest BCUT2D eigenvalue weighted by Crippen LogP contribution is 2.38. The molecule has 0 bridgehead atoms. The topological polar surface area (TPSA) is 108 Å². The first-order chi connectivity index (χ1) is 39.5. The smallest absolute Gasteiger partial charge is 0.268 e. The summed E-state index contributed by atoms with van der Waals surface area (Å²) in [5.74, 6) is -0.198. The molecule has 0 aromatic rings. The molecule has 0 aliphatic rings. The number of quaternary nitrogens is 1. The van der Waals surface area contributed by atoms with E-state index < -0.39 is 20.0 Å². The summed E-state index contributed by atoms with van der Waals surface area (Å²) in [6.07, 6.45) is 83.3. The molecule has 0 fully saturated rings. The van der Waals surface area contributed by atoms with Crippen LogP contribution >= 0.6 is 7.82 Å². The van der Waals surface area contributed by atoms with E-state index in [1.165, 1.54) is 321 Å². The van der Waals surface area contributed by atoms with Crippen LogP contribution in [-0.4, -0.2) is 68.5 Å². The number of likely N-dealkylation sites (N-methyl/N-ethyl adjacent to an activating group) is 1. The average Bonchev–Trinajstić information content (AvgIpc) is 3.43. The van der Waals surface area contributed by atoms with E-state index in [1.807, 2.05) is 27.2 Å². The van der Waals surface area contributed by atoms with Crippen LogP contribution in [-0.2, 0) is 18.4 Å². The van der Waals surface area contributed by atoms with Crippen LogP contribution in [0, 0.1) is 0 Å². The summed E-state index contributed by atoms with van der Waals surface area (Å²) < 4.78 is 23.4. The Kier molecular flexibility index (Phi) is 62.7. The van der Waals surface area contributed by atoms with Crippen molar-refractivity contribution < 1.29 is 32.9 Å². The second-order valence-electron chi connectivity index (χ2n) is 26.3. The molecule has 0 aromatic heterocycles. The molecule has 0 aliphatic heterocycles. The van der Waals surface area contributed by atoms with Crippen LogP contribution in [0.3, 0.4) is 0 Å². The molecule has 3 unspecified atom stereocenters. The third kappa shape index (κ3) is 66.4. The summed E-state index contributed by atoms with van der Waals surface area (Å²) in [7, 11) is 1.26. The zero-order chi connectivity index (χ0) is 59.1. The number of phosphoric ester groups is 1. The van der Waals surface area contributed by atoms with Crippen molar-refractivity contribution in [1.82, 2.24) is 5.32 Å². The molecule has 0 saturated heterocycles. The molecule has 2 N–H and O–H groups in total. The Morgan fingerprint density at radius 1 is 0.420 bits per heavy atom. The Bertz CT molecular complexity index is 1370. The van der Waals surface area contributed by atoms with E-state index in [1.54, 1.807) is 6.08 Å². The number of carbonyl (C=O) groups is 1. The summed E-state index contributed by atoms with van der Waals surface area (Å²) in [6, 6.07) is -0.901. The minimum absolute atomic E-state index is 0.00350. The molecule has 0 saturated carbocycles. The number of unbranched alkanes of at least 4 members (excludes halogenated alkanes) is 53. The minimum Gasteiger partial charge on any atom is -0.756 e. The van der Waals surface area contributed by atoms with Gasteiger partial charge in [-0.3, -0.25) is 9.36 Å². The van der Waals surface area contributed by atoms with Gasteiger partial charge < -0.3 is 28.8 Å². The van der Waals surface area contributed by atoms with Crippen molar-refractivity contribution in [2.45, 2.75) is 392 Å². The van der Waals surface area contributed by atoms with E-state index in [2.05, 4.69) is 31.3 Å².